The quantitative estimate of drug-likeness (QED) is 0.745. The van der Waals surface area contributed by atoms with Gasteiger partial charge in [-0.3, -0.25) is 0 Å². The number of amides is 2. The summed E-state index contributed by atoms with van der Waals surface area (Å²) in [5.74, 6) is 1.71. The van der Waals surface area contributed by atoms with E-state index in [9.17, 15) is 9.90 Å². The zero-order valence-electron chi connectivity index (χ0n) is 12.0. The standard InChI is InChI=1S/C14H26N2O2S/c1-13(2)5-3-11(4-6-13)16-12(17)15-9-14(18)7-8-19-10-14/h11,18H,3-10H2,1-2H3,(H2,15,16,17). The van der Waals surface area contributed by atoms with Crippen LogP contribution in [0.25, 0.3) is 0 Å². The first kappa shape index (κ1) is 15.0. The van der Waals surface area contributed by atoms with Gasteiger partial charge in [-0.2, -0.15) is 11.8 Å². The van der Waals surface area contributed by atoms with Crippen LogP contribution >= 0.6 is 11.8 Å². The minimum Gasteiger partial charge on any atom is -0.387 e. The van der Waals surface area contributed by atoms with Crippen LogP contribution in [0.15, 0.2) is 0 Å². The third kappa shape index (κ3) is 4.56. The summed E-state index contributed by atoms with van der Waals surface area (Å²) >= 11 is 1.75. The van der Waals surface area contributed by atoms with Gasteiger partial charge in [-0.1, -0.05) is 13.8 Å². The van der Waals surface area contributed by atoms with Gasteiger partial charge >= 0.3 is 6.03 Å². The first-order valence-corrected chi connectivity index (χ1v) is 8.39. The lowest BCUT2D eigenvalue weighted by atomic mass is 9.76. The van der Waals surface area contributed by atoms with Gasteiger partial charge in [0.1, 0.15) is 0 Å². The van der Waals surface area contributed by atoms with Gasteiger partial charge in [-0.05, 0) is 43.3 Å². The molecule has 0 aromatic rings. The van der Waals surface area contributed by atoms with E-state index in [1.807, 2.05) is 0 Å². The predicted octanol–water partition coefficient (Wildman–Crippen LogP) is 2.12. The molecule has 110 valence electrons. The summed E-state index contributed by atoms with van der Waals surface area (Å²) < 4.78 is 0. The molecule has 2 rings (SSSR count). The third-order valence-electron chi connectivity index (χ3n) is 4.33. The molecule has 0 aromatic carbocycles. The fourth-order valence-corrected chi connectivity index (χ4v) is 4.06. The molecule has 0 spiro atoms. The van der Waals surface area contributed by atoms with Crippen molar-refractivity contribution in [1.29, 1.82) is 0 Å². The monoisotopic (exact) mass is 286 g/mol. The van der Waals surface area contributed by atoms with Crippen LogP contribution in [0.1, 0.15) is 46.0 Å². The summed E-state index contributed by atoms with van der Waals surface area (Å²) in [5.41, 5.74) is -0.276. The molecule has 1 saturated heterocycles. The molecule has 19 heavy (non-hydrogen) atoms. The first-order chi connectivity index (χ1) is 8.89. The maximum absolute atomic E-state index is 11.8. The van der Waals surface area contributed by atoms with Crippen molar-refractivity contribution in [3.05, 3.63) is 0 Å². The van der Waals surface area contributed by atoms with Crippen molar-refractivity contribution in [3.8, 4) is 0 Å². The smallest absolute Gasteiger partial charge is 0.315 e. The number of hydrogen-bond acceptors (Lipinski definition) is 3. The Kier molecular flexibility index (Phi) is 4.66. The number of hydrogen-bond donors (Lipinski definition) is 3. The Morgan fingerprint density at radius 3 is 2.58 bits per heavy atom. The van der Waals surface area contributed by atoms with Gasteiger partial charge in [0.25, 0.3) is 0 Å². The molecule has 1 heterocycles. The lowest BCUT2D eigenvalue weighted by Gasteiger charge is -2.34. The number of urea groups is 1. The molecular weight excluding hydrogens is 260 g/mol. The molecule has 2 aliphatic rings. The number of thioether (sulfide) groups is 1. The normalized spacial score (nSPS) is 31.1. The van der Waals surface area contributed by atoms with E-state index in [-0.39, 0.29) is 6.03 Å². The minimum atomic E-state index is -0.698. The van der Waals surface area contributed by atoms with E-state index >= 15 is 0 Å². The van der Waals surface area contributed by atoms with E-state index in [1.54, 1.807) is 11.8 Å². The maximum Gasteiger partial charge on any atom is 0.315 e. The largest absolute Gasteiger partial charge is 0.387 e. The summed E-state index contributed by atoms with van der Waals surface area (Å²) in [5, 5.41) is 16.0. The Hall–Kier alpha value is -0.420. The van der Waals surface area contributed by atoms with Crippen molar-refractivity contribution in [2.24, 2.45) is 5.41 Å². The van der Waals surface area contributed by atoms with Gasteiger partial charge in [0.2, 0.25) is 0 Å². The molecule has 1 aliphatic heterocycles. The summed E-state index contributed by atoms with van der Waals surface area (Å²) in [4.78, 5) is 11.8. The fourth-order valence-electron chi connectivity index (χ4n) is 2.76. The molecule has 5 heteroatoms. The topological polar surface area (TPSA) is 61.4 Å². The molecule has 4 nitrogen and oxygen atoms in total. The van der Waals surface area contributed by atoms with Gasteiger partial charge in [0, 0.05) is 18.3 Å². The highest BCUT2D eigenvalue weighted by molar-refractivity contribution is 7.99. The molecule has 2 fully saturated rings. The van der Waals surface area contributed by atoms with Crippen LogP contribution in [-0.4, -0.2) is 40.8 Å². The van der Waals surface area contributed by atoms with Crippen LogP contribution in [0.4, 0.5) is 4.79 Å². The highest BCUT2D eigenvalue weighted by atomic mass is 32.2. The molecule has 1 aliphatic carbocycles. The Labute approximate surface area is 120 Å². The zero-order valence-corrected chi connectivity index (χ0v) is 12.8. The van der Waals surface area contributed by atoms with Crippen LogP contribution in [0.5, 0.6) is 0 Å². The van der Waals surface area contributed by atoms with Gasteiger partial charge in [-0.25, -0.2) is 4.79 Å². The van der Waals surface area contributed by atoms with Crippen molar-refractivity contribution in [3.63, 3.8) is 0 Å². The molecule has 0 aromatic heterocycles. The second-order valence-electron chi connectivity index (χ2n) is 6.79. The number of aliphatic hydroxyl groups is 1. The lowest BCUT2D eigenvalue weighted by molar-refractivity contribution is 0.0696. The summed E-state index contributed by atoms with van der Waals surface area (Å²) in [7, 11) is 0. The Morgan fingerprint density at radius 1 is 1.32 bits per heavy atom. The minimum absolute atomic E-state index is 0.130. The van der Waals surface area contributed by atoms with Crippen LogP contribution in [-0.2, 0) is 0 Å². The third-order valence-corrected chi connectivity index (χ3v) is 5.57. The molecule has 3 N–H and O–H groups in total. The second-order valence-corrected chi connectivity index (χ2v) is 7.90. The van der Waals surface area contributed by atoms with Crippen molar-refractivity contribution < 1.29 is 9.90 Å². The molecule has 1 unspecified atom stereocenters. The Morgan fingerprint density at radius 2 is 2.00 bits per heavy atom. The van der Waals surface area contributed by atoms with E-state index in [0.29, 0.717) is 18.0 Å². The number of rotatable bonds is 3. The highest BCUT2D eigenvalue weighted by Gasteiger charge is 2.32. The van der Waals surface area contributed by atoms with Gasteiger partial charge in [0.15, 0.2) is 0 Å². The van der Waals surface area contributed by atoms with Crippen molar-refractivity contribution in [2.45, 2.75) is 57.6 Å². The molecule has 0 bridgehead atoms. The van der Waals surface area contributed by atoms with E-state index in [0.717, 1.165) is 30.8 Å². The fraction of sp³-hybridized carbons (Fsp3) is 0.929. The SMILES string of the molecule is CC1(C)CCC(NC(=O)NCC2(O)CCSC2)CC1. The number of nitrogens with one attached hydrogen (secondary N) is 2. The van der Waals surface area contributed by atoms with Crippen LogP contribution < -0.4 is 10.6 Å². The molecule has 2 amide bonds. The first-order valence-electron chi connectivity index (χ1n) is 7.23. The van der Waals surface area contributed by atoms with E-state index < -0.39 is 5.60 Å². The molecule has 1 atom stereocenters. The second kappa shape index (κ2) is 5.92. The Bertz CT molecular complexity index is 317. The van der Waals surface area contributed by atoms with Gasteiger partial charge in [-0.15, -0.1) is 0 Å². The van der Waals surface area contributed by atoms with Crippen LogP contribution in [0.2, 0.25) is 0 Å². The van der Waals surface area contributed by atoms with E-state index in [1.165, 1.54) is 12.8 Å². The van der Waals surface area contributed by atoms with E-state index in [2.05, 4.69) is 24.5 Å². The summed E-state index contributed by atoms with van der Waals surface area (Å²) in [6.07, 6.45) is 5.22. The van der Waals surface area contributed by atoms with Crippen LogP contribution in [0.3, 0.4) is 0 Å². The van der Waals surface area contributed by atoms with Crippen LogP contribution in [0, 0.1) is 5.41 Å². The number of carbonyl (C=O) groups is 1. The Balaban J connectivity index is 1.67. The average Bonchev–Trinajstić information content (AvgIpc) is 2.77. The zero-order chi connectivity index (χ0) is 13.9. The van der Waals surface area contributed by atoms with Gasteiger partial charge in [0.05, 0.1) is 5.60 Å². The van der Waals surface area contributed by atoms with Crippen molar-refractivity contribution in [2.75, 3.05) is 18.1 Å². The lowest BCUT2D eigenvalue weighted by Crippen LogP contribution is -2.49. The molecular formula is C14H26N2O2S. The molecule has 0 radical (unpaired) electrons. The van der Waals surface area contributed by atoms with Gasteiger partial charge < -0.3 is 15.7 Å². The van der Waals surface area contributed by atoms with Crippen molar-refractivity contribution >= 4 is 17.8 Å². The molecule has 1 saturated carbocycles. The number of carbonyl (C=O) groups excluding carboxylic acids is 1. The van der Waals surface area contributed by atoms with Crippen molar-refractivity contribution in [1.82, 2.24) is 10.6 Å². The maximum atomic E-state index is 11.8. The summed E-state index contributed by atoms with van der Waals surface area (Å²) in [6.45, 7) is 4.94. The summed E-state index contributed by atoms with van der Waals surface area (Å²) in [6, 6.07) is 0.163. The van der Waals surface area contributed by atoms with E-state index in [4.69, 9.17) is 0 Å². The predicted molar refractivity (Wildman–Crippen MR) is 79.5 cm³/mol. The average molecular weight is 286 g/mol. The highest BCUT2D eigenvalue weighted by Crippen LogP contribution is 2.35.